The van der Waals surface area contributed by atoms with Crippen LogP contribution in [0.4, 0.5) is 5.69 Å². The molecule has 16 heavy (non-hydrogen) atoms. The highest BCUT2D eigenvalue weighted by atomic mass is 79.9. The minimum atomic E-state index is -0.115. The van der Waals surface area contributed by atoms with Crippen molar-refractivity contribution in [1.82, 2.24) is 4.90 Å². The van der Waals surface area contributed by atoms with Crippen molar-refractivity contribution in [3.8, 4) is 0 Å². The summed E-state index contributed by atoms with van der Waals surface area (Å²) in [5.41, 5.74) is 6.78. The van der Waals surface area contributed by atoms with Crippen LogP contribution in [0.3, 0.4) is 0 Å². The number of hydrogen-bond donors (Lipinski definition) is 2. The van der Waals surface area contributed by atoms with Crippen LogP contribution in [0.2, 0.25) is 0 Å². The predicted octanol–water partition coefficient (Wildman–Crippen LogP) is 1.49. The standard InChI is InChI=1S/C11H15BrN2O2/c1-2-14(5-6-15)11(16)8-3-4-9(12)10(13)7-8/h3-4,7,15H,2,5-6,13H2,1H3. The first-order valence-corrected chi connectivity index (χ1v) is 5.84. The van der Waals surface area contributed by atoms with Crippen LogP contribution in [0.1, 0.15) is 17.3 Å². The molecule has 5 heteroatoms. The molecule has 1 amide bonds. The molecule has 0 unspecified atom stereocenters. The van der Waals surface area contributed by atoms with Crippen molar-refractivity contribution in [2.45, 2.75) is 6.92 Å². The third kappa shape index (κ3) is 2.96. The second-order valence-electron chi connectivity index (χ2n) is 3.34. The number of hydrogen-bond acceptors (Lipinski definition) is 3. The van der Waals surface area contributed by atoms with Crippen LogP contribution in [0.5, 0.6) is 0 Å². The second kappa shape index (κ2) is 5.86. The van der Waals surface area contributed by atoms with Gasteiger partial charge in [-0.3, -0.25) is 4.79 Å². The van der Waals surface area contributed by atoms with E-state index in [0.717, 1.165) is 4.47 Å². The summed E-state index contributed by atoms with van der Waals surface area (Å²) >= 11 is 3.27. The lowest BCUT2D eigenvalue weighted by molar-refractivity contribution is 0.0732. The van der Waals surface area contributed by atoms with Gasteiger partial charge in [0.1, 0.15) is 0 Å². The Labute approximate surface area is 103 Å². The molecule has 3 N–H and O–H groups in total. The Morgan fingerprint density at radius 1 is 1.56 bits per heavy atom. The van der Waals surface area contributed by atoms with Crippen LogP contribution < -0.4 is 5.73 Å². The van der Waals surface area contributed by atoms with Crippen molar-refractivity contribution in [3.63, 3.8) is 0 Å². The molecule has 4 nitrogen and oxygen atoms in total. The van der Waals surface area contributed by atoms with E-state index in [1.165, 1.54) is 0 Å². The minimum Gasteiger partial charge on any atom is -0.398 e. The minimum absolute atomic E-state index is 0.0361. The summed E-state index contributed by atoms with van der Waals surface area (Å²) in [5, 5.41) is 8.84. The summed E-state index contributed by atoms with van der Waals surface area (Å²) in [4.78, 5) is 13.5. The summed E-state index contributed by atoms with van der Waals surface area (Å²) in [7, 11) is 0. The van der Waals surface area contributed by atoms with Gasteiger partial charge < -0.3 is 15.7 Å². The van der Waals surface area contributed by atoms with E-state index in [4.69, 9.17) is 10.8 Å². The Morgan fingerprint density at radius 3 is 2.75 bits per heavy atom. The number of benzene rings is 1. The summed E-state index contributed by atoms with van der Waals surface area (Å²) in [6.07, 6.45) is 0. The van der Waals surface area contributed by atoms with Crippen molar-refractivity contribution in [3.05, 3.63) is 28.2 Å². The van der Waals surface area contributed by atoms with Crippen LogP contribution in [0.15, 0.2) is 22.7 Å². The number of nitrogens with two attached hydrogens (primary N) is 1. The molecule has 88 valence electrons. The van der Waals surface area contributed by atoms with Crippen LogP contribution >= 0.6 is 15.9 Å². The van der Waals surface area contributed by atoms with E-state index in [2.05, 4.69) is 15.9 Å². The molecule has 0 fully saturated rings. The Morgan fingerprint density at radius 2 is 2.25 bits per heavy atom. The number of nitrogens with zero attached hydrogens (tertiary/aromatic N) is 1. The highest BCUT2D eigenvalue weighted by Gasteiger charge is 2.14. The number of carbonyl (C=O) groups is 1. The maximum atomic E-state index is 12.0. The average molecular weight is 287 g/mol. The fraction of sp³-hybridized carbons (Fsp3) is 0.364. The number of amides is 1. The molecule has 0 aliphatic heterocycles. The van der Waals surface area contributed by atoms with Gasteiger partial charge in [0.15, 0.2) is 0 Å². The molecule has 0 aliphatic rings. The van der Waals surface area contributed by atoms with Gasteiger partial charge in [0.25, 0.3) is 5.91 Å². The monoisotopic (exact) mass is 286 g/mol. The van der Waals surface area contributed by atoms with Gasteiger partial charge in [0.2, 0.25) is 0 Å². The van der Waals surface area contributed by atoms with Gasteiger partial charge >= 0.3 is 0 Å². The van der Waals surface area contributed by atoms with Crippen molar-refractivity contribution >= 4 is 27.5 Å². The summed E-state index contributed by atoms with van der Waals surface area (Å²) < 4.78 is 0.772. The predicted molar refractivity (Wildman–Crippen MR) is 67.2 cm³/mol. The topological polar surface area (TPSA) is 66.6 Å². The van der Waals surface area contributed by atoms with Gasteiger partial charge in [-0.1, -0.05) is 0 Å². The molecular weight excluding hydrogens is 272 g/mol. The van der Waals surface area contributed by atoms with Gasteiger partial charge in [-0.15, -0.1) is 0 Å². The lowest BCUT2D eigenvalue weighted by atomic mass is 10.2. The molecule has 1 aromatic rings. The van der Waals surface area contributed by atoms with E-state index in [-0.39, 0.29) is 12.5 Å². The second-order valence-corrected chi connectivity index (χ2v) is 4.20. The largest absolute Gasteiger partial charge is 0.398 e. The molecule has 0 saturated heterocycles. The Balaban J connectivity index is 2.90. The highest BCUT2D eigenvalue weighted by Crippen LogP contribution is 2.20. The van der Waals surface area contributed by atoms with Gasteiger partial charge in [-0.2, -0.15) is 0 Å². The lowest BCUT2D eigenvalue weighted by Gasteiger charge is -2.19. The smallest absolute Gasteiger partial charge is 0.253 e. The quantitative estimate of drug-likeness (QED) is 0.824. The zero-order chi connectivity index (χ0) is 12.1. The van der Waals surface area contributed by atoms with Gasteiger partial charge in [-0.05, 0) is 41.1 Å². The Hall–Kier alpha value is -1.07. The SMILES string of the molecule is CCN(CCO)C(=O)c1ccc(Br)c(N)c1. The van der Waals surface area contributed by atoms with E-state index in [9.17, 15) is 4.79 Å². The highest BCUT2D eigenvalue weighted by molar-refractivity contribution is 9.10. The molecular formula is C11H15BrN2O2. The van der Waals surface area contributed by atoms with Crippen LogP contribution in [0, 0.1) is 0 Å². The third-order valence-electron chi connectivity index (χ3n) is 2.28. The first-order valence-electron chi connectivity index (χ1n) is 5.05. The van der Waals surface area contributed by atoms with E-state index in [1.807, 2.05) is 6.92 Å². The number of halogens is 1. The van der Waals surface area contributed by atoms with E-state index >= 15 is 0 Å². The number of aliphatic hydroxyl groups excluding tert-OH is 1. The third-order valence-corrected chi connectivity index (χ3v) is 3.00. The van der Waals surface area contributed by atoms with E-state index in [0.29, 0.717) is 24.3 Å². The molecule has 0 spiro atoms. The fourth-order valence-electron chi connectivity index (χ4n) is 1.38. The summed E-state index contributed by atoms with van der Waals surface area (Å²) in [5.74, 6) is -0.115. The van der Waals surface area contributed by atoms with Gasteiger partial charge in [0, 0.05) is 28.8 Å². The summed E-state index contributed by atoms with van der Waals surface area (Å²) in [6.45, 7) is 2.74. The van der Waals surface area contributed by atoms with Crippen LogP contribution in [-0.2, 0) is 0 Å². The normalized spacial score (nSPS) is 10.2. The van der Waals surface area contributed by atoms with Crippen molar-refractivity contribution in [1.29, 1.82) is 0 Å². The fourth-order valence-corrected chi connectivity index (χ4v) is 1.63. The molecule has 0 heterocycles. The van der Waals surface area contributed by atoms with E-state index < -0.39 is 0 Å². The first kappa shape index (κ1) is 13.0. The molecule has 0 bridgehead atoms. The Bertz CT molecular complexity index is 382. The maximum Gasteiger partial charge on any atom is 0.253 e. The zero-order valence-electron chi connectivity index (χ0n) is 9.11. The van der Waals surface area contributed by atoms with Crippen molar-refractivity contribution < 1.29 is 9.90 Å². The summed E-state index contributed by atoms with van der Waals surface area (Å²) in [6, 6.07) is 5.09. The number of aliphatic hydroxyl groups is 1. The average Bonchev–Trinajstić information content (AvgIpc) is 2.28. The molecule has 0 atom stereocenters. The zero-order valence-corrected chi connectivity index (χ0v) is 10.7. The Kier molecular flexibility index (Phi) is 4.76. The molecule has 0 saturated carbocycles. The maximum absolute atomic E-state index is 12.0. The van der Waals surface area contributed by atoms with Crippen LogP contribution in [0.25, 0.3) is 0 Å². The molecule has 1 rings (SSSR count). The number of nitrogen functional groups attached to an aromatic ring is 1. The number of likely N-dealkylation sites (N-methyl/N-ethyl adjacent to an activating group) is 1. The van der Waals surface area contributed by atoms with Crippen LogP contribution in [-0.4, -0.2) is 35.6 Å². The molecule has 0 aliphatic carbocycles. The van der Waals surface area contributed by atoms with Gasteiger partial charge in [0.05, 0.1) is 6.61 Å². The molecule has 1 aromatic carbocycles. The van der Waals surface area contributed by atoms with Gasteiger partial charge in [-0.25, -0.2) is 0 Å². The lowest BCUT2D eigenvalue weighted by Crippen LogP contribution is -2.33. The molecule has 0 aromatic heterocycles. The first-order chi connectivity index (χ1) is 7.60. The van der Waals surface area contributed by atoms with E-state index in [1.54, 1.807) is 23.1 Å². The van der Waals surface area contributed by atoms with Crippen molar-refractivity contribution in [2.24, 2.45) is 0 Å². The number of carbonyl (C=O) groups excluding carboxylic acids is 1. The molecule has 0 radical (unpaired) electrons. The number of anilines is 1. The number of rotatable bonds is 4. The van der Waals surface area contributed by atoms with Crippen molar-refractivity contribution in [2.75, 3.05) is 25.4 Å².